The van der Waals surface area contributed by atoms with Crippen molar-refractivity contribution in [2.75, 3.05) is 0 Å². The van der Waals surface area contributed by atoms with E-state index in [0.717, 1.165) is 11.5 Å². The van der Waals surface area contributed by atoms with Crippen LogP contribution in [0.2, 0.25) is 0 Å². The second kappa shape index (κ2) is 3.77. The van der Waals surface area contributed by atoms with Crippen molar-refractivity contribution in [3.05, 3.63) is 10.6 Å². The van der Waals surface area contributed by atoms with Gasteiger partial charge in [0, 0.05) is 0 Å². The molecule has 0 unspecified atom stereocenters. The fourth-order valence-electron chi connectivity index (χ4n) is 0.591. The number of nitrogens with one attached hydrogen (secondary N) is 2. The lowest BCUT2D eigenvalue weighted by Crippen LogP contribution is -2.36. The predicted octanol–water partition coefficient (Wildman–Crippen LogP) is -0.763. The summed E-state index contributed by atoms with van der Waals surface area (Å²) in [6, 6.07) is 0. The molecule has 0 radical (unpaired) electrons. The molecule has 0 saturated carbocycles. The van der Waals surface area contributed by atoms with Crippen LogP contribution < -0.4 is 10.9 Å². The Morgan fingerprint density at radius 2 is 2.42 bits per heavy atom. The van der Waals surface area contributed by atoms with E-state index in [1.54, 1.807) is 6.92 Å². The fourth-order valence-corrected chi connectivity index (χ4v) is 1.14. The molecule has 0 aromatic carbocycles. The number of hydrogen-bond donors (Lipinski definition) is 2. The third-order valence-corrected chi connectivity index (χ3v) is 1.93. The SMILES string of the molecule is Cc1nnsc1C(=O)NNC=O. The summed E-state index contributed by atoms with van der Waals surface area (Å²) >= 11 is 0.979. The van der Waals surface area contributed by atoms with Crippen LogP contribution in [0.5, 0.6) is 0 Å². The molecule has 0 saturated heterocycles. The molecule has 0 atom stereocenters. The Bertz CT molecular complexity index is 297. The van der Waals surface area contributed by atoms with Crippen LogP contribution in [-0.4, -0.2) is 21.9 Å². The lowest BCUT2D eigenvalue weighted by Gasteiger charge is -1.98. The highest BCUT2D eigenvalue weighted by Gasteiger charge is 2.11. The zero-order chi connectivity index (χ0) is 8.97. The van der Waals surface area contributed by atoms with Crippen LogP contribution in [0, 0.1) is 6.92 Å². The first-order valence-electron chi connectivity index (χ1n) is 3.04. The van der Waals surface area contributed by atoms with Gasteiger partial charge in [0.1, 0.15) is 4.88 Å². The quantitative estimate of drug-likeness (QED) is 0.480. The number of aromatic nitrogens is 2. The van der Waals surface area contributed by atoms with Gasteiger partial charge in [-0.25, -0.2) is 0 Å². The highest BCUT2D eigenvalue weighted by atomic mass is 32.1. The van der Waals surface area contributed by atoms with Crippen molar-refractivity contribution in [2.24, 2.45) is 0 Å². The van der Waals surface area contributed by atoms with Crippen molar-refractivity contribution >= 4 is 23.8 Å². The molecule has 0 fully saturated rings. The average molecular weight is 186 g/mol. The second-order valence-electron chi connectivity index (χ2n) is 1.90. The van der Waals surface area contributed by atoms with Gasteiger partial charge in [-0.1, -0.05) is 4.49 Å². The van der Waals surface area contributed by atoms with Crippen LogP contribution in [0.25, 0.3) is 0 Å². The summed E-state index contributed by atoms with van der Waals surface area (Å²) in [4.78, 5) is 21.3. The van der Waals surface area contributed by atoms with Crippen LogP contribution in [0.15, 0.2) is 0 Å². The summed E-state index contributed by atoms with van der Waals surface area (Å²) in [6.45, 7) is 1.67. The van der Waals surface area contributed by atoms with E-state index in [0.29, 0.717) is 17.0 Å². The Morgan fingerprint density at radius 3 is 2.92 bits per heavy atom. The Kier molecular flexibility index (Phi) is 2.70. The van der Waals surface area contributed by atoms with Crippen molar-refractivity contribution in [2.45, 2.75) is 6.92 Å². The summed E-state index contributed by atoms with van der Waals surface area (Å²) in [5.74, 6) is -0.408. The van der Waals surface area contributed by atoms with Gasteiger partial charge in [-0.3, -0.25) is 20.4 Å². The van der Waals surface area contributed by atoms with E-state index in [2.05, 4.69) is 15.0 Å². The van der Waals surface area contributed by atoms with Crippen molar-refractivity contribution in [3.63, 3.8) is 0 Å². The highest BCUT2D eigenvalue weighted by molar-refractivity contribution is 7.07. The number of carbonyl (C=O) groups excluding carboxylic acids is 2. The van der Waals surface area contributed by atoms with Gasteiger partial charge in [-0.15, -0.1) is 5.10 Å². The molecular formula is C5H6N4O2S. The minimum Gasteiger partial charge on any atom is -0.277 e. The standard InChI is InChI=1S/C5H6N4O2S/c1-3-4(12-9-7-3)5(11)8-6-2-10/h2H,1H3,(H,6,10)(H,8,11). The Labute approximate surface area is 72.1 Å². The molecule has 12 heavy (non-hydrogen) atoms. The number of hydrogen-bond acceptors (Lipinski definition) is 5. The van der Waals surface area contributed by atoms with Gasteiger partial charge in [0.25, 0.3) is 5.91 Å². The lowest BCUT2D eigenvalue weighted by atomic mass is 10.4. The number of hydrazine groups is 1. The topological polar surface area (TPSA) is 84.0 Å². The molecule has 2 N–H and O–H groups in total. The van der Waals surface area contributed by atoms with E-state index < -0.39 is 5.91 Å². The predicted molar refractivity (Wildman–Crippen MR) is 41.3 cm³/mol. The molecule has 0 aliphatic carbocycles. The molecule has 1 aromatic heterocycles. The van der Waals surface area contributed by atoms with Crippen molar-refractivity contribution < 1.29 is 9.59 Å². The van der Waals surface area contributed by atoms with Gasteiger partial charge in [0.05, 0.1) is 5.69 Å². The van der Waals surface area contributed by atoms with E-state index in [1.165, 1.54) is 0 Å². The Morgan fingerprint density at radius 1 is 1.67 bits per heavy atom. The number of aryl methyl sites for hydroxylation is 1. The minimum atomic E-state index is -0.408. The van der Waals surface area contributed by atoms with Gasteiger partial charge < -0.3 is 0 Å². The van der Waals surface area contributed by atoms with Crippen LogP contribution in [0.1, 0.15) is 15.4 Å². The molecule has 2 amide bonds. The number of rotatable bonds is 3. The first-order valence-corrected chi connectivity index (χ1v) is 3.81. The summed E-state index contributed by atoms with van der Waals surface area (Å²) in [7, 11) is 0. The van der Waals surface area contributed by atoms with Crippen LogP contribution >= 0.6 is 11.5 Å². The number of amides is 2. The zero-order valence-electron chi connectivity index (χ0n) is 6.20. The van der Waals surface area contributed by atoms with Crippen molar-refractivity contribution in [3.8, 4) is 0 Å². The number of nitrogens with zero attached hydrogens (tertiary/aromatic N) is 2. The third kappa shape index (κ3) is 1.76. The maximum atomic E-state index is 11.1. The number of carbonyl (C=O) groups is 2. The Hall–Kier alpha value is -1.50. The maximum Gasteiger partial charge on any atom is 0.283 e. The normalized spacial score (nSPS) is 9.08. The Balaban J connectivity index is 2.65. The van der Waals surface area contributed by atoms with E-state index in [1.807, 2.05) is 5.43 Å². The molecule has 6 nitrogen and oxygen atoms in total. The van der Waals surface area contributed by atoms with Gasteiger partial charge in [-0.2, -0.15) is 0 Å². The highest BCUT2D eigenvalue weighted by Crippen LogP contribution is 2.07. The van der Waals surface area contributed by atoms with Crippen LogP contribution in [-0.2, 0) is 4.79 Å². The maximum absolute atomic E-state index is 11.1. The molecule has 7 heteroatoms. The summed E-state index contributed by atoms with van der Waals surface area (Å²) in [6.07, 6.45) is 0.377. The zero-order valence-corrected chi connectivity index (χ0v) is 7.01. The molecular weight excluding hydrogens is 180 g/mol. The third-order valence-electron chi connectivity index (χ3n) is 1.10. The molecule has 0 bridgehead atoms. The second-order valence-corrected chi connectivity index (χ2v) is 2.66. The molecule has 1 heterocycles. The van der Waals surface area contributed by atoms with Crippen LogP contribution in [0.4, 0.5) is 0 Å². The summed E-state index contributed by atoms with van der Waals surface area (Å²) in [5, 5.41) is 3.64. The van der Waals surface area contributed by atoms with Gasteiger partial charge in [0.2, 0.25) is 6.41 Å². The minimum absolute atomic E-state index is 0.377. The van der Waals surface area contributed by atoms with E-state index in [-0.39, 0.29) is 0 Å². The first kappa shape index (κ1) is 8.60. The first-order chi connectivity index (χ1) is 5.75. The molecule has 0 aliphatic rings. The van der Waals surface area contributed by atoms with Crippen molar-refractivity contribution in [1.82, 2.24) is 20.4 Å². The van der Waals surface area contributed by atoms with E-state index >= 15 is 0 Å². The molecule has 64 valence electrons. The average Bonchev–Trinajstić information content (AvgIpc) is 2.47. The van der Waals surface area contributed by atoms with Gasteiger partial charge in [-0.05, 0) is 18.5 Å². The van der Waals surface area contributed by atoms with E-state index in [4.69, 9.17) is 0 Å². The fraction of sp³-hybridized carbons (Fsp3) is 0.200. The molecule has 1 rings (SSSR count). The molecule has 1 aromatic rings. The largest absolute Gasteiger partial charge is 0.283 e. The molecule has 0 spiro atoms. The monoisotopic (exact) mass is 186 g/mol. The smallest absolute Gasteiger partial charge is 0.277 e. The lowest BCUT2D eigenvalue weighted by molar-refractivity contribution is -0.110. The molecule has 0 aliphatic heterocycles. The van der Waals surface area contributed by atoms with Gasteiger partial charge in [0.15, 0.2) is 0 Å². The van der Waals surface area contributed by atoms with E-state index in [9.17, 15) is 9.59 Å². The van der Waals surface area contributed by atoms with Gasteiger partial charge >= 0.3 is 0 Å². The summed E-state index contributed by atoms with van der Waals surface area (Å²) < 4.78 is 3.57. The van der Waals surface area contributed by atoms with Crippen molar-refractivity contribution in [1.29, 1.82) is 0 Å². The van der Waals surface area contributed by atoms with Crippen LogP contribution in [0.3, 0.4) is 0 Å². The summed E-state index contributed by atoms with van der Waals surface area (Å²) in [5.41, 5.74) is 4.73.